The molecule has 1 saturated carbocycles. The molecule has 1 saturated heterocycles. The topological polar surface area (TPSA) is 86.9 Å². The Morgan fingerprint density at radius 3 is 2.64 bits per heavy atom. The summed E-state index contributed by atoms with van der Waals surface area (Å²) in [7, 11) is 0. The molecule has 1 aromatic rings. The maximum absolute atomic E-state index is 12.4. The number of carbonyl (C=O) groups is 2. The molecular weight excluding hydrogens is 286 g/mol. The Labute approximate surface area is 128 Å². The Morgan fingerprint density at radius 1 is 1.23 bits per heavy atom. The Kier molecular flexibility index (Phi) is 4.42. The molecule has 1 atom stereocenters. The quantitative estimate of drug-likeness (QED) is 0.899. The Bertz CT molecular complexity index is 525. The van der Waals surface area contributed by atoms with Crippen molar-refractivity contribution in [2.75, 3.05) is 26.2 Å². The fraction of sp³-hybridized carbons (Fsp3) is 0.667. The standard InChI is InChI=1S/C15H21N3O4/c19-14(13-5-8-22-16-13)18-7-6-17(12-3-1-2-4-12)9-11(10-18)15(20)21/h5,8,11-12H,1-4,6-7,9-10H2,(H,20,21)/t11-/m1/s1. The van der Waals surface area contributed by atoms with Gasteiger partial charge < -0.3 is 14.5 Å². The van der Waals surface area contributed by atoms with Crippen molar-refractivity contribution in [1.29, 1.82) is 0 Å². The van der Waals surface area contributed by atoms with Gasteiger partial charge in [-0.1, -0.05) is 18.0 Å². The van der Waals surface area contributed by atoms with E-state index >= 15 is 0 Å². The fourth-order valence-corrected chi connectivity index (χ4v) is 3.47. The van der Waals surface area contributed by atoms with E-state index in [-0.39, 0.29) is 18.1 Å². The SMILES string of the molecule is O=C(O)[C@H]1CN(C(=O)c2ccon2)CCN(C2CCCC2)C1. The molecule has 2 heterocycles. The Morgan fingerprint density at radius 2 is 2.00 bits per heavy atom. The third kappa shape index (κ3) is 3.14. The van der Waals surface area contributed by atoms with Gasteiger partial charge in [-0.3, -0.25) is 14.5 Å². The lowest BCUT2D eigenvalue weighted by Gasteiger charge is -2.28. The first kappa shape index (κ1) is 15.0. The minimum atomic E-state index is -0.845. The number of rotatable bonds is 3. The van der Waals surface area contributed by atoms with Crippen LogP contribution in [-0.2, 0) is 4.79 Å². The monoisotopic (exact) mass is 307 g/mol. The van der Waals surface area contributed by atoms with Crippen molar-refractivity contribution < 1.29 is 19.2 Å². The molecule has 22 heavy (non-hydrogen) atoms. The highest BCUT2D eigenvalue weighted by molar-refractivity contribution is 5.92. The summed E-state index contributed by atoms with van der Waals surface area (Å²) in [5, 5.41) is 13.1. The number of carboxylic acids is 1. The summed E-state index contributed by atoms with van der Waals surface area (Å²) >= 11 is 0. The normalized spacial score (nSPS) is 24.4. The van der Waals surface area contributed by atoms with E-state index < -0.39 is 11.9 Å². The summed E-state index contributed by atoms with van der Waals surface area (Å²) in [4.78, 5) is 27.8. The van der Waals surface area contributed by atoms with Crippen molar-refractivity contribution in [3.05, 3.63) is 18.0 Å². The molecule has 1 amide bonds. The minimum Gasteiger partial charge on any atom is -0.481 e. The number of carbonyl (C=O) groups excluding carboxylic acids is 1. The van der Waals surface area contributed by atoms with Crippen LogP contribution in [0, 0.1) is 5.92 Å². The molecule has 7 nitrogen and oxygen atoms in total. The van der Waals surface area contributed by atoms with Gasteiger partial charge in [0.1, 0.15) is 6.26 Å². The zero-order chi connectivity index (χ0) is 15.5. The van der Waals surface area contributed by atoms with E-state index in [4.69, 9.17) is 4.52 Å². The van der Waals surface area contributed by atoms with Crippen LogP contribution in [0.25, 0.3) is 0 Å². The summed E-state index contributed by atoms with van der Waals surface area (Å²) in [6, 6.07) is 1.97. The lowest BCUT2D eigenvalue weighted by molar-refractivity contribution is -0.142. The third-order valence-electron chi connectivity index (χ3n) is 4.69. The highest BCUT2D eigenvalue weighted by atomic mass is 16.5. The van der Waals surface area contributed by atoms with Crippen molar-refractivity contribution in [2.45, 2.75) is 31.7 Å². The number of carboxylic acid groups (broad SMARTS) is 1. The van der Waals surface area contributed by atoms with E-state index in [2.05, 4.69) is 10.1 Å². The van der Waals surface area contributed by atoms with Gasteiger partial charge in [-0.25, -0.2) is 0 Å². The van der Waals surface area contributed by atoms with Crippen molar-refractivity contribution in [3.63, 3.8) is 0 Å². The number of hydrogen-bond donors (Lipinski definition) is 1. The lowest BCUT2D eigenvalue weighted by atomic mass is 10.1. The zero-order valence-electron chi connectivity index (χ0n) is 12.5. The molecule has 2 aliphatic rings. The van der Waals surface area contributed by atoms with Gasteiger partial charge >= 0.3 is 5.97 Å². The average molecular weight is 307 g/mol. The molecule has 1 N–H and O–H groups in total. The predicted octanol–water partition coefficient (Wildman–Crippen LogP) is 1.08. The van der Waals surface area contributed by atoms with Crippen LogP contribution in [0.4, 0.5) is 0 Å². The van der Waals surface area contributed by atoms with Crippen LogP contribution in [0.1, 0.15) is 36.2 Å². The van der Waals surface area contributed by atoms with Gasteiger partial charge in [0.2, 0.25) is 0 Å². The molecule has 1 aliphatic carbocycles. The van der Waals surface area contributed by atoms with Crippen LogP contribution in [-0.4, -0.2) is 64.2 Å². The van der Waals surface area contributed by atoms with Crippen LogP contribution in [0.2, 0.25) is 0 Å². The number of nitrogens with zero attached hydrogens (tertiary/aromatic N) is 3. The maximum atomic E-state index is 12.4. The molecule has 7 heteroatoms. The highest BCUT2D eigenvalue weighted by Gasteiger charge is 2.34. The average Bonchev–Trinajstić information content (AvgIpc) is 3.16. The van der Waals surface area contributed by atoms with Gasteiger partial charge in [0.25, 0.3) is 5.91 Å². The smallest absolute Gasteiger partial charge is 0.309 e. The van der Waals surface area contributed by atoms with Crippen LogP contribution >= 0.6 is 0 Å². The Hall–Kier alpha value is -1.89. The van der Waals surface area contributed by atoms with Gasteiger partial charge in [0.15, 0.2) is 5.69 Å². The molecule has 0 bridgehead atoms. The van der Waals surface area contributed by atoms with Crippen LogP contribution in [0.5, 0.6) is 0 Å². The van der Waals surface area contributed by atoms with E-state index in [0.29, 0.717) is 19.1 Å². The van der Waals surface area contributed by atoms with E-state index in [1.54, 1.807) is 4.90 Å². The molecule has 0 aromatic carbocycles. The first-order chi connectivity index (χ1) is 10.6. The first-order valence-corrected chi connectivity index (χ1v) is 7.81. The van der Waals surface area contributed by atoms with Gasteiger partial charge in [-0.15, -0.1) is 0 Å². The molecular formula is C15H21N3O4. The third-order valence-corrected chi connectivity index (χ3v) is 4.69. The fourth-order valence-electron chi connectivity index (χ4n) is 3.47. The van der Waals surface area contributed by atoms with Crippen molar-refractivity contribution in [1.82, 2.24) is 15.0 Å². The number of hydrogen-bond acceptors (Lipinski definition) is 5. The summed E-state index contributed by atoms with van der Waals surface area (Å²) in [5.74, 6) is -1.66. The largest absolute Gasteiger partial charge is 0.481 e. The molecule has 2 fully saturated rings. The maximum Gasteiger partial charge on any atom is 0.309 e. The van der Waals surface area contributed by atoms with Gasteiger partial charge in [-0.05, 0) is 12.8 Å². The van der Waals surface area contributed by atoms with Gasteiger partial charge in [0, 0.05) is 38.3 Å². The van der Waals surface area contributed by atoms with Gasteiger partial charge in [-0.2, -0.15) is 0 Å². The summed E-state index contributed by atoms with van der Waals surface area (Å²) in [6.07, 6.45) is 6.03. The second-order valence-corrected chi connectivity index (χ2v) is 6.10. The second kappa shape index (κ2) is 6.48. The molecule has 0 spiro atoms. The summed E-state index contributed by atoms with van der Waals surface area (Å²) in [6.45, 7) is 2.00. The van der Waals surface area contributed by atoms with Crippen LogP contribution in [0.15, 0.2) is 16.9 Å². The molecule has 0 radical (unpaired) electrons. The van der Waals surface area contributed by atoms with E-state index in [9.17, 15) is 14.7 Å². The lowest BCUT2D eigenvalue weighted by Crippen LogP contribution is -2.39. The molecule has 120 valence electrons. The van der Waals surface area contributed by atoms with Crippen molar-refractivity contribution >= 4 is 11.9 Å². The van der Waals surface area contributed by atoms with Crippen molar-refractivity contribution in [3.8, 4) is 0 Å². The zero-order valence-corrected chi connectivity index (χ0v) is 12.5. The number of aromatic nitrogens is 1. The predicted molar refractivity (Wildman–Crippen MR) is 77.4 cm³/mol. The highest BCUT2D eigenvalue weighted by Crippen LogP contribution is 2.25. The summed E-state index contributed by atoms with van der Waals surface area (Å²) in [5.41, 5.74) is 0.235. The van der Waals surface area contributed by atoms with Crippen LogP contribution in [0.3, 0.4) is 0 Å². The molecule has 1 aromatic heterocycles. The van der Waals surface area contributed by atoms with Crippen molar-refractivity contribution in [2.24, 2.45) is 5.92 Å². The molecule has 3 rings (SSSR count). The van der Waals surface area contributed by atoms with Gasteiger partial charge in [0.05, 0.1) is 5.92 Å². The van der Waals surface area contributed by atoms with E-state index in [1.807, 2.05) is 0 Å². The molecule has 0 unspecified atom stereocenters. The molecule has 1 aliphatic heterocycles. The number of aliphatic carboxylic acids is 1. The van der Waals surface area contributed by atoms with E-state index in [1.165, 1.54) is 25.2 Å². The number of amides is 1. The minimum absolute atomic E-state index is 0.226. The second-order valence-electron chi connectivity index (χ2n) is 6.10. The Balaban J connectivity index is 1.73. The van der Waals surface area contributed by atoms with E-state index in [0.717, 1.165) is 19.4 Å². The van der Waals surface area contributed by atoms with Crippen LogP contribution < -0.4 is 0 Å². The summed E-state index contributed by atoms with van der Waals surface area (Å²) < 4.78 is 4.71. The first-order valence-electron chi connectivity index (χ1n) is 7.81.